The number of hydrogen-bond acceptors (Lipinski definition) is 7. The van der Waals surface area contributed by atoms with Crippen molar-refractivity contribution in [2.75, 3.05) is 53.9 Å². The molecule has 1 saturated heterocycles. The van der Waals surface area contributed by atoms with Gasteiger partial charge in [0, 0.05) is 39.8 Å². The van der Waals surface area contributed by atoms with Crippen LogP contribution in [0.25, 0.3) is 0 Å². The number of benzene rings is 1. The normalized spacial score (nSPS) is 16.1. The molecule has 1 aliphatic rings. The number of esters is 1. The Morgan fingerprint density at radius 2 is 1.88 bits per heavy atom. The molecule has 0 spiro atoms. The van der Waals surface area contributed by atoms with Crippen LogP contribution in [0.1, 0.15) is 30.1 Å². The topological polar surface area (TPSA) is 133 Å². The predicted molar refractivity (Wildman–Crippen MR) is 123 cm³/mol. The zero-order valence-corrected chi connectivity index (χ0v) is 20.8. The molecule has 12 heteroatoms. The number of carbonyl (C=O) groups excluding carboxylic acids is 4. The van der Waals surface area contributed by atoms with E-state index in [-0.39, 0.29) is 54.5 Å². The van der Waals surface area contributed by atoms with Gasteiger partial charge in [-0.15, -0.1) is 0 Å². The molecule has 0 aromatic heterocycles. The summed E-state index contributed by atoms with van der Waals surface area (Å²) in [6.07, 6.45) is 1.33. The molecule has 0 saturated carbocycles. The summed E-state index contributed by atoms with van der Waals surface area (Å²) in [7, 11) is 0.516. The maximum Gasteiger partial charge on any atom is 0.310 e. The second-order valence-electron chi connectivity index (χ2n) is 8.18. The summed E-state index contributed by atoms with van der Waals surface area (Å²) in [6.45, 7) is 2.20. The quantitative estimate of drug-likeness (QED) is 0.473. The van der Waals surface area contributed by atoms with Crippen LogP contribution >= 0.6 is 0 Å². The van der Waals surface area contributed by atoms with Crippen LogP contribution in [0.5, 0.6) is 0 Å². The fraction of sp³-hybridized carbons (Fsp3) is 0.545. The van der Waals surface area contributed by atoms with Gasteiger partial charge in [0.25, 0.3) is 5.91 Å². The summed E-state index contributed by atoms with van der Waals surface area (Å²) in [4.78, 5) is 52.2. The predicted octanol–water partition coefficient (Wildman–Crippen LogP) is -0.0732. The van der Waals surface area contributed by atoms with Gasteiger partial charge in [-0.3, -0.25) is 19.2 Å². The second kappa shape index (κ2) is 11.9. The first-order valence-electron chi connectivity index (χ1n) is 11.0. The van der Waals surface area contributed by atoms with E-state index < -0.39 is 21.8 Å². The van der Waals surface area contributed by atoms with Gasteiger partial charge in [-0.05, 0) is 38.0 Å². The van der Waals surface area contributed by atoms with E-state index in [1.807, 2.05) is 0 Å². The highest BCUT2D eigenvalue weighted by Gasteiger charge is 2.30. The number of nitrogens with one attached hydrogen (secondary N) is 1. The number of hydrogen-bond donors (Lipinski definition) is 1. The van der Waals surface area contributed by atoms with Gasteiger partial charge >= 0.3 is 5.97 Å². The average Bonchev–Trinajstić information content (AvgIpc) is 2.82. The zero-order valence-electron chi connectivity index (χ0n) is 19.9. The fourth-order valence-electron chi connectivity index (χ4n) is 3.45. The number of likely N-dealkylation sites (N-methyl/N-ethyl adjacent to an activating group) is 1. The monoisotopic (exact) mass is 496 g/mol. The molecular weight excluding hydrogens is 464 g/mol. The van der Waals surface area contributed by atoms with Crippen molar-refractivity contribution in [3.63, 3.8) is 0 Å². The molecule has 2 rings (SSSR count). The smallest absolute Gasteiger partial charge is 0.310 e. The summed E-state index contributed by atoms with van der Waals surface area (Å²) in [6, 6.07) is 5.50. The van der Waals surface area contributed by atoms with Crippen LogP contribution in [-0.4, -0.2) is 100 Å². The van der Waals surface area contributed by atoms with Gasteiger partial charge in [0.2, 0.25) is 21.8 Å². The molecule has 1 N–H and O–H groups in total. The lowest BCUT2D eigenvalue weighted by atomic mass is 9.98. The first-order valence-corrected chi connectivity index (χ1v) is 12.4. The molecule has 3 amide bonds. The maximum atomic E-state index is 12.6. The highest BCUT2D eigenvalue weighted by molar-refractivity contribution is 7.89. The number of nitrogens with zero attached hydrogens (tertiary/aromatic N) is 3. The minimum absolute atomic E-state index is 0.0400. The Kier molecular flexibility index (Phi) is 9.56. The van der Waals surface area contributed by atoms with Gasteiger partial charge in [-0.2, -0.15) is 0 Å². The molecule has 188 valence electrons. The van der Waals surface area contributed by atoms with E-state index in [1.165, 1.54) is 50.3 Å². The van der Waals surface area contributed by atoms with E-state index in [4.69, 9.17) is 4.74 Å². The molecule has 0 radical (unpaired) electrons. The Morgan fingerprint density at radius 1 is 1.18 bits per heavy atom. The number of ether oxygens (including phenoxy) is 1. The number of piperidine rings is 1. The van der Waals surface area contributed by atoms with E-state index in [0.29, 0.717) is 19.4 Å². The van der Waals surface area contributed by atoms with Crippen LogP contribution in [0.4, 0.5) is 0 Å². The van der Waals surface area contributed by atoms with Crippen LogP contribution in [0.15, 0.2) is 29.2 Å². The van der Waals surface area contributed by atoms with E-state index in [1.54, 1.807) is 11.8 Å². The minimum atomic E-state index is -3.71. The zero-order chi connectivity index (χ0) is 25.5. The van der Waals surface area contributed by atoms with Gasteiger partial charge in [0.05, 0.1) is 30.5 Å². The summed E-state index contributed by atoms with van der Waals surface area (Å²) in [5, 5.41) is 2.45. The third kappa shape index (κ3) is 7.00. The average molecular weight is 497 g/mol. The SMILES string of the molecule is CCOC(=O)C1CCCN(C(=O)CN(C)C(=O)CNC(=O)c2cccc(S(=O)(=O)N(C)C)c2)C1. The minimum Gasteiger partial charge on any atom is -0.466 e. The van der Waals surface area contributed by atoms with Crippen molar-refractivity contribution in [3.05, 3.63) is 29.8 Å². The lowest BCUT2D eigenvalue weighted by Crippen LogP contribution is -2.48. The third-order valence-electron chi connectivity index (χ3n) is 5.47. The number of amides is 3. The molecular formula is C22H32N4O7S. The first-order chi connectivity index (χ1) is 16.0. The summed E-state index contributed by atoms with van der Waals surface area (Å²) in [5.41, 5.74) is 0.0905. The molecule has 1 unspecified atom stereocenters. The van der Waals surface area contributed by atoms with Crippen molar-refractivity contribution < 1.29 is 32.3 Å². The molecule has 0 aliphatic carbocycles. The number of rotatable bonds is 9. The molecule has 1 atom stereocenters. The molecule has 1 heterocycles. The Hall–Kier alpha value is -2.99. The molecule has 0 bridgehead atoms. The second-order valence-corrected chi connectivity index (χ2v) is 10.3. The van der Waals surface area contributed by atoms with E-state index >= 15 is 0 Å². The largest absolute Gasteiger partial charge is 0.466 e. The highest BCUT2D eigenvalue weighted by atomic mass is 32.2. The van der Waals surface area contributed by atoms with E-state index in [9.17, 15) is 27.6 Å². The van der Waals surface area contributed by atoms with Crippen LogP contribution < -0.4 is 5.32 Å². The van der Waals surface area contributed by atoms with Crippen molar-refractivity contribution in [3.8, 4) is 0 Å². The van der Waals surface area contributed by atoms with Gasteiger partial charge in [-0.25, -0.2) is 12.7 Å². The highest BCUT2D eigenvalue weighted by Crippen LogP contribution is 2.18. The Bertz CT molecular complexity index is 1030. The Labute approximate surface area is 200 Å². The lowest BCUT2D eigenvalue weighted by Gasteiger charge is -2.32. The number of sulfonamides is 1. The number of carbonyl (C=O) groups is 4. The van der Waals surface area contributed by atoms with Crippen molar-refractivity contribution in [2.24, 2.45) is 5.92 Å². The molecule has 34 heavy (non-hydrogen) atoms. The third-order valence-corrected chi connectivity index (χ3v) is 7.28. The molecule has 11 nitrogen and oxygen atoms in total. The Balaban J connectivity index is 1.90. The van der Waals surface area contributed by atoms with Crippen molar-refractivity contribution in [2.45, 2.75) is 24.7 Å². The Morgan fingerprint density at radius 3 is 2.53 bits per heavy atom. The lowest BCUT2D eigenvalue weighted by molar-refractivity contribution is -0.152. The van der Waals surface area contributed by atoms with Crippen LogP contribution in [0.3, 0.4) is 0 Å². The molecule has 1 aliphatic heterocycles. The van der Waals surface area contributed by atoms with Gasteiger partial charge in [0.1, 0.15) is 0 Å². The van der Waals surface area contributed by atoms with Crippen LogP contribution in [0.2, 0.25) is 0 Å². The van der Waals surface area contributed by atoms with Gasteiger partial charge in [0.15, 0.2) is 0 Å². The van der Waals surface area contributed by atoms with Crippen LogP contribution in [-0.2, 0) is 29.1 Å². The first kappa shape index (κ1) is 27.3. The summed E-state index contributed by atoms with van der Waals surface area (Å²) < 4.78 is 30.6. The van der Waals surface area contributed by atoms with Crippen LogP contribution in [0, 0.1) is 5.92 Å². The summed E-state index contributed by atoms with van der Waals surface area (Å²) >= 11 is 0. The standard InChI is InChI=1S/C22H32N4O7S/c1-5-33-22(30)17-9-7-11-26(14-17)20(28)15-25(4)19(27)13-23-21(29)16-8-6-10-18(12-16)34(31,32)24(2)3/h6,8,10,12,17H,5,7,9,11,13-15H2,1-4H3,(H,23,29). The number of likely N-dealkylation sites (tertiary alicyclic amines) is 1. The molecule has 1 fully saturated rings. The maximum absolute atomic E-state index is 12.6. The molecule has 1 aromatic rings. The van der Waals surface area contributed by atoms with E-state index in [2.05, 4.69) is 5.32 Å². The van der Waals surface area contributed by atoms with Crippen molar-refractivity contribution in [1.29, 1.82) is 0 Å². The van der Waals surface area contributed by atoms with Gasteiger partial charge < -0.3 is 19.9 Å². The fourth-order valence-corrected chi connectivity index (χ4v) is 4.40. The van der Waals surface area contributed by atoms with Gasteiger partial charge in [-0.1, -0.05) is 6.07 Å². The van der Waals surface area contributed by atoms with E-state index in [0.717, 1.165) is 4.31 Å². The summed E-state index contributed by atoms with van der Waals surface area (Å²) in [5.74, 6) is -2.09. The molecule has 1 aromatic carbocycles. The van der Waals surface area contributed by atoms with Crippen molar-refractivity contribution >= 4 is 33.7 Å². The van der Waals surface area contributed by atoms with Crippen molar-refractivity contribution in [1.82, 2.24) is 19.4 Å².